The molecule has 140 valence electrons. The van der Waals surface area contributed by atoms with E-state index in [2.05, 4.69) is 20.7 Å². The Hall–Kier alpha value is -2.33. The van der Waals surface area contributed by atoms with Gasteiger partial charge in [0.2, 0.25) is 5.13 Å². The Balaban J connectivity index is 1.87. The molecule has 0 atom stereocenters. The van der Waals surface area contributed by atoms with Gasteiger partial charge in [0.15, 0.2) is 15.8 Å². The molecule has 0 unspecified atom stereocenters. The smallest absolute Gasteiger partial charge is 0.250 e. The summed E-state index contributed by atoms with van der Waals surface area (Å²) in [6.45, 7) is 5.12. The fourth-order valence-electron chi connectivity index (χ4n) is 1.82. The molecule has 2 rings (SSSR count). The van der Waals surface area contributed by atoms with Crippen LogP contribution in [0.3, 0.4) is 0 Å². The zero-order valence-corrected chi connectivity index (χ0v) is 16.2. The number of rotatable bonds is 10. The van der Waals surface area contributed by atoms with E-state index >= 15 is 0 Å². The fourth-order valence-corrected chi connectivity index (χ4v) is 3.25. The van der Waals surface area contributed by atoms with E-state index in [0.29, 0.717) is 34.2 Å². The number of hydrogen-bond donors (Lipinski definition) is 2. The van der Waals surface area contributed by atoms with Crippen LogP contribution in [0.4, 0.5) is 5.13 Å². The van der Waals surface area contributed by atoms with E-state index in [1.807, 2.05) is 32.0 Å². The number of nitrogens with one attached hydrogen (secondary N) is 1. The number of nitrogens with two attached hydrogens (primary N) is 1. The summed E-state index contributed by atoms with van der Waals surface area (Å²) < 4.78 is 11.9. The van der Waals surface area contributed by atoms with Gasteiger partial charge in [-0.2, -0.15) is 5.10 Å². The topological polar surface area (TPSA) is 112 Å². The molecule has 3 N–H and O–H groups in total. The Kier molecular flexibility index (Phi) is 8.16. The third kappa shape index (κ3) is 6.52. The highest BCUT2D eigenvalue weighted by Gasteiger charge is 2.07. The lowest BCUT2D eigenvalue weighted by Crippen LogP contribution is -2.19. The zero-order chi connectivity index (χ0) is 18.8. The standard InChI is InChI=1S/C16H21N5O3S2/c1-3-7-24-12-6-5-11(8-13(12)23-4-2)9-18-19-14(22)10-25-16-21-20-15(17)26-16/h5-6,8-9H,3-4,7,10H2,1-2H3,(H2,17,20)(H,19,22). The largest absolute Gasteiger partial charge is 0.490 e. The maximum absolute atomic E-state index is 11.8. The number of hydrazone groups is 1. The predicted octanol–water partition coefficient (Wildman–Crippen LogP) is 2.55. The summed E-state index contributed by atoms with van der Waals surface area (Å²) in [5.74, 6) is 1.29. The average Bonchev–Trinajstić information content (AvgIpc) is 3.05. The molecule has 1 heterocycles. The van der Waals surface area contributed by atoms with Crippen LogP contribution in [0.15, 0.2) is 27.6 Å². The van der Waals surface area contributed by atoms with Gasteiger partial charge < -0.3 is 15.2 Å². The van der Waals surface area contributed by atoms with Gasteiger partial charge in [0.25, 0.3) is 5.91 Å². The average molecular weight is 396 g/mol. The van der Waals surface area contributed by atoms with Gasteiger partial charge in [-0.1, -0.05) is 30.0 Å². The molecule has 0 fully saturated rings. The first-order valence-corrected chi connectivity index (χ1v) is 9.86. The molecule has 0 aliphatic heterocycles. The van der Waals surface area contributed by atoms with Crippen molar-refractivity contribution >= 4 is 40.4 Å². The third-order valence-electron chi connectivity index (χ3n) is 2.88. The number of carbonyl (C=O) groups is 1. The summed E-state index contributed by atoms with van der Waals surface area (Å²) in [4.78, 5) is 11.8. The SMILES string of the molecule is CCCOc1ccc(C=NNC(=O)CSc2nnc(N)s2)cc1OCC. The zero-order valence-electron chi connectivity index (χ0n) is 14.6. The van der Waals surface area contributed by atoms with E-state index in [0.717, 1.165) is 12.0 Å². The van der Waals surface area contributed by atoms with E-state index < -0.39 is 0 Å². The monoisotopic (exact) mass is 395 g/mol. The lowest BCUT2D eigenvalue weighted by molar-refractivity contribution is -0.118. The van der Waals surface area contributed by atoms with Crippen LogP contribution in [-0.4, -0.2) is 41.3 Å². The van der Waals surface area contributed by atoms with Gasteiger partial charge in [0.1, 0.15) is 0 Å². The van der Waals surface area contributed by atoms with Crippen LogP contribution in [0.2, 0.25) is 0 Å². The van der Waals surface area contributed by atoms with Crippen LogP contribution in [-0.2, 0) is 4.79 Å². The highest BCUT2D eigenvalue weighted by Crippen LogP contribution is 2.28. The predicted molar refractivity (Wildman–Crippen MR) is 104 cm³/mol. The van der Waals surface area contributed by atoms with Gasteiger partial charge in [-0.05, 0) is 37.1 Å². The molecular formula is C16H21N5O3S2. The first-order valence-electron chi connectivity index (χ1n) is 8.05. The molecule has 0 bridgehead atoms. The Morgan fingerprint density at radius 1 is 1.35 bits per heavy atom. The molecule has 0 spiro atoms. The number of thioether (sulfide) groups is 1. The second-order valence-corrected chi connectivity index (χ2v) is 7.21. The lowest BCUT2D eigenvalue weighted by atomic mass is 10.2. The van der Waals surface area contributed by atoms with Crippen molar-refractivity contribution in [1.82, 2.24) is 15.6 Å². The lowest BCUT2D eigenvalue weighted by Gasteiger charge is -2.11. The number of amides is 1. The molecule has 1 aromatic carbocycles. The summed E-state index contributed by atoms with van der Waals surface area (Å²) >= 11 is 2.49. The Morgan fingerprint density at radius 2 is 2.19 bits per heavy atom. The van der Waals surface area contributed by atoms with E-state index in [9.17, 15) is 4.79 Å². The Morgan fingerprint density at radius 3 is 2.88 bits per heavy atom. The van der Waals surface area contributed by atoms with E-state index in [1.165, 1.54) is 23.1 Å². The van der Waals surface area contributed by atoms with Crippen LogP contribution in [0.5, 0.6) is 11.5 Å². The number of ether oxygens (including phenoxy) is 2. The molecule has 0 aliphatic rings. The van der Waals surface area contributed by atoms with Crippen LogP contribution in [0.1, 0.15) is 25.8 Å². The molecule has 1 aromatic heterocycles. The summed E-state index contributed by atoms with van der Waals surface area (Å²) in [5, 5.41) is 11.9. The summed E-state index contributed by atoms with van der Waals surface area (Å²) in [5.41, 5.74) is 8.75. The van der Waals surface area contributed by atoms with Crippen molar-refractivity contribution in [2.75, 3.05) is 24.7 Å². The number of anilines is 1. The van der Waals surface area contributed by atoms with Crippen LogP contribution < -0.4 is 20.6 Å². The minimum Gasteiger partial charge on any atom is -0.490 e. The van der Waals surface area contributed by atoms with Crippen molar-refractivity contribution in [1.29, 1.82) is 0 Å². The molecule has 8 nitrogen and oxygen atoms in total. The first kappa shape index (κ1) is 20.0. The van der Waals surface area contributed by atoms with E-state index in [-0.39, 0.29) is 11.7 Å². The maximum Gasteiger partial charge on any atom is 0.250 e. The van der Waals surface area contributed by atoms with Gasteiger partial charge in [0, 0.05) is 0 Å². The van der Waals surface area contributed by atoms with Gasteiger partial charge in [-0.15, -0.1) is 10.2 Å². The van der Waals surface area contributed by atoms with Crippen molar-refractivity contribution in [3.63, 3.8) is 0 Å². The molecule has 0 radical (unpaired) electrons. The number of benzene rings is 1. The second-order valence-electron chi connectivity index (χ2n) is 4.98. The summed E-state index contributed by atoms with van der Waals surface area (Å²) in [7, 11) is 0. The molecule has 1 amide bonds. The molecule has 26 heavy (non-hydrogen) atoms. The Bertz CT molecular complexity index is 751. The van der Waals surface area contributed by atoms with Crippen molar-refractivity contribution < 1.29 is 14.3 Å². The Labute approximate surface area is 160 Å². The van der Waals surface area contributed by atoms with Crippen molar-refractivity contribution in [3.05, 3.63) is 23.8 Å². The van der Waals surface area contributed by atoms with Crippen molar-refractivity contribution in [2.24, 2.45) is 5.10 Å². The number of nitrogens with zero attached hydrogens (tertiary/aromatic N) is 3. The number of hydrogen-bond acceptors (Lipinski definition) is 9. The summed E-state index contributed by atoms with van der Waals surface area (Å²) in [6, 6.07) is 5.50. The summed E-state index contributed by atoms with van der Waals surface area (Å²) in [6.07, 6.45) is 2.47. The normalized spacial score (nSPS) is 10.8. The second kappa shape index (κ2) is 10.6. The quantitative estimate of drug-likeness (QED) is 0.361. The molecule has 10 heteroatoms. The molecule has 0 aliphatic carbocycles. The van der Waals surface area contributed by atoms with E-state index in [1.54, 1.807) is 6.21 Å². The molecule has 2 aromatic rings. The fraction of sp³-hybridized carbons (Fsp3) is 0.375. The van der Waals surface area contributed by atoms with Gasteiger partial charge in [-0.25, -0.2) is 5.43 Å². The molecule has 0 saturated carbocycles. The van der Waals surface area contributed by atoms with Gasteiger partial charge in [-0.3, -0.25) is 4.79 Å². The van der Waals surface area contributed by atoms with Crippen LogP contribution >= 0.6 is 23.1 Å². The number of carbonyl (C=O) groups excluding carboxylic acids is 1. The van der Waals surface area contributed by atoms with E-state index in [4.69, 9.17) is 15.2 Å². The van der Waals surface area contributed by atoms with Crippen LogP contribution in [0.25, 0.3) is 0 Å². The number of aromatic nitrogens is 2. The van der Waals surface area contributed by atoms with Crippen molar-refractivity contribution in [2.45, 2.75) is 24.6 Å². The minimum absolute atomic E-state index is 0.181. The van der Waals surface area contributed by atoms with Crippen LogP contribution in [0, 0.1) is 0 Å². The highest BCUT2D eigenvalue weighted by molar-refractivity contribution is 8.01. The van der Waals surface area contributed by atoms with Gasteiger partial charge >= 0.3 is 0 Å². The minimum atomic E-state index is -0.243. The maximum atomic E-state index is 11.8. The van der Waals surface area contributed by atoms with Crippen molar-refractivity contribution in [3.8, 4) is 11.5 Å². The number of nitrogen functional groups attached to an aromatic ring is 1. The van der Waals surface area contributed by atoms with Gasteiger partial charge in [0.05, 0.1) is 25.2 Å². The third-order valence-corrected chi connectivity index (χ3v) is 4.77. The molecule has 0 saturated heterocycles. The highest BCUT2D eigenvalue weighted by atomic mass is 32.2. The molecular weight excluding hydrogens is 374 g/mol. The first-order chi connectivity index (χ1) is 12.6.